The van der Waals surface area contributed by atoms with E-state index in [9.17, 15) is 9.59 Å². The lowest BCUT2D eigenvalue weighted by atomic mass is 10.1. The zero-order valence-electron chi connectivity index (χ0n) is 17.0. The highest BCUT2D eigenvalue weighted by molar-refractivity contribution is 9.10. The molecule has 0 aliphatic heterocycles. The van der Waals surface area contributed by atoms with E-state index >= 15 is 0 Å². The van der Waals surface area contributed by atoms with Gasteiger partial charge in [-0.25, -0.2) is 0 Å². The molecule has 6 nitrogen and oxygen atoms in total. The van der Waals surface area contributed by atoms with Gasteiger partial charge >= 0.3 is 0 Å². The Balaban J connectivity index is 1.60. The van der Waals surface area contributed by atoms with E-state index in [-0.39, 0.29) is 17.6 Å². The summed E-state index contributed by atoms with van der Waals surface area (Å²) >= 11 is 3.20. The standard InChI is InChI=1S/C23H24BrN3O3/c1-26(16-17-8-4-3-5-9-17)15-14-25-22(28)18-10-6-7-11-19(18)27(2)23(29)20-12-13-21(24)30-20/h3-13H,14-16H2,1-2H3,(H,25,28). The van der Waals surface area contributed by atoms with Gasteiger partial charge in [0.1, 0.15) is 0 Å². The van der Waals surface area contributed by atoms with Crippen LogP contribution in [0.2, 0.25) is 0 Å². The van der Waals surface area contributed by atoms with E-state index in [0.717, 1.165) is 6.54 Å². The number of rotatable bonds is 8. The SMILES string of the molecule is CN(CCNC(=O)c1ccccc1N(C)C(=O)c1ccc(Br)o1)Cc1ccccc1. The van der Waals surface area contributed by atoms with Crippen molar-refractivity contribution in [2.24, 2.45) is 0 Å². The molecule has 0 atom stereocenters. The number of furan rings is 1. The van der Waals surface area contributed by atoms with E-state index in [2.05, 4.69) is 38.3 Å². The maximum atomic E-state index is 12.8. The van der Waals surface area contributed by atoms with Crippen molar-refractivity contribution in [3.8, 4) is 0 Å². The van der Waals surface area contributed by atoms with Gasteiger partial charge in [-0.3, -0.25) is 9.59 Å². The van der Waals surface area contributed by atoms with E-state index in [1.54, 1.807) is 43.4 Å². The van der Waals surface area contributed by atoms with Gasteiger partial charge < -0.3 is 19.5 Å². The molecule has 0 unspecified atom stereocenters. The number of carbonyl (C=O) groups is 2. The molecule has 2 amide bonds. The summed E-state index contributed by atoms with van der Waals surface area (Å²) in [5.41, 5.74) is 2.18. The predicted octanol–water partition coefficient (Wildman–Crippen LogP) is 4.18. The van der Waals surface area contributed by atoms with Crippen molar-refractivity contribution in [1.29, 1.82) is 0 Å². The largest absolute Gasteiger partial charge is 0.444 e. The normalized spacial score (nSPS) is 10.8. The molecule has 156 valence electrons. The van der Waals surface area contributed by atoms with Gasteiger partial charge in [0.05, 0.1) is 11.3 Å². The van der Waals surface area contributed by atoms with Gasteiger partial charge in [0.2, 0.25) is 0 Å². The lowest BCUT2D eigenvalue weighted by Gasteiger charge is -2.20. The van der Waals surface area contributed by atoms with Crippen molar-refractivity contribution in [2.45, 2.75) is 6.54 Å². The quantitative estimate of drug-likeness (QED) is 0.537. The van der Waals surface area contributed by atoms with Gasteiger partial charge in [-0.05, 0) is 52.8 Å². The first-order valence-corrected chi connectivity index (χ1v) is 10.4. The molecule has 0 radical (unpaired) electrons. The second-order valence-corrected chi connectivity index (χ2v) is 7.75. The number of para-hydroxylation sites is 1. The number of nitrogens with one attached hydrogen (secondary N) is 1. The van der Waals surface area contributed by atoms with E-state index in [0.29, 0.717) is 29.0 Å². The molecule has 0 saturated heterocycles. The number of benzene rings is 2. The van der Waals surface area contributed by atoms with Crippen LogP contribution in [0.15, 0.2) is 75.8 Å². The van der Waals surface area contributed by atoms with Gasteiger partial charge in [-0.15, -0.1) is 0 Å². The zero-order valence-corrected chi connectivity index (χ0v) is 18.6. The first kappa shape index (κ1) is 21.8. The average molecular weight is 470 g/mol. The third-order valence-electron chi connectivity index (χ3n) is 4.67. The van der Waals surface area contributed by atoms with Crippen molar-refractivity contribution < 1.29 is 14.0 Å². The minimum atomic E-state index is -0.330. The topological polar surface area (TPSA) is 65.8 Å². The Hall–Kier alpha value is -2.90. The Morgan fingerprint density at radius 1 is 0.967 bits per heavy atom. The third kappa shape index (κ3) is 5.58. The first-order chi connectivity index (χ1) is 14.5. The summed E-state index contributed by atoms with van der Waals surface area (Å²) in [6, 6.07) is 20.5. The molecular formula is C23H24BrN3O3. The maximum absolute atomic E-state index is 12.8. The first-order valence-electron chi connectivity index (χ1n) is 9.59. The molecule has 30 heavy (non-hydrogen) atoms. The lowest BCUT2D eigenvalue weighted by molar-refractivity contribution is 0.0949. The number of likely N-dealkylation sites (N-methyl/N-ethyl adjacent to an activating group) is 1. The van der Waals surface area contributed by atoms with Crippen molar-refractivity contribution in [1.82, 2.24) is 10.2 Å². The van der Waals surface area contributed by atoms with Crippen molar-refractivity contribution in [2.75, 3.05) is 32.1 Å². The predicted molar refractivity (Wildman–Crippen MR) is 121 cm³/mol. The molecule has 0 aliphatic carbocycles. The van der Waals surface area contributed by atoms with E-state index in [1.165, 1.54) is 10.5 Å². The van der Waals surface area contributed by atoms with Crippen LogP contribution in [0, 0.1) is 0 Å². The zero-order chi connectivity index (χ0) is 21.5. The highest BCUT2D eigenvalue weighted by Gasteiger charge is 2.21. The fourth-order valence-electron chi connectivity index (χ4n) is 3.09. The smallest absolute Gasteiger partial charge is 0.293 e. The number of carbonyl (C=O) groups excluding carboxylic acids is 2. The third-order valence-corrected chi connectivity index (χ3v) is 5.10. The molecule has 1 N–H and O–H groups in total. The lowest BCUT2D eigenvalue weighted by Crippen LogP contribution is -2.34. The Kier molecular flexibility index (Phi) is 7.43. The van der Waals surface area contributed by atoms with Crippen molar-refractivity contribution in [3.05, 3.63) is 88.3 Å². The summed E-state index contributed by atoms with van der Waals surface area (Å²) < 4.78 is 5.82. The van der Waals surface area contributed by atoms with E-state index < -0.39 is 0 Å². The van der Waals surface area contributed by atoms with Gasteiger partial charge in [-0.2, -0.15) is 0 Å². The van der Waals surface area contributed by atoms with Crippen LogP contribution in [-0.4, -0.2) is 43.9 Å². The van der Waals surface area contributed by atoms with Crippen LogP contribution in [0.5, 0.6) is 0 Å². The summed E-state index contributed by atoms with van der Waals surface area (Å²) in [5, 5.41) is 2.94. The highest BCUT2D eigenvalue weighted by atomic mass is 79.9. The molecule has 3 rings (SSSR count). The van der Waals surface area contributed by atoms with Crippen LogP contribution in [0.3, 0.4) is 0 Å². The number of hydrogen-bond donors (Lipinski definition) is 1. The summed E-state index contributed by atoms with van der Waals surface area (Å²) in [6.45, 7) is 2.01. The molecule has 0 fully saturated rings. The molecule has 7 heteroatoms. The number of halogens is 1. The number of amides is 2. The molecule has 0 bridgehead atoms. The van der Waals surface area contributed by atoms with Crippen LogP contribution >= 0.6 is 15.9 Å². The number of nitrogens with zero attached hydrogens (tertiary/aromatic N) is 2. The van der Waals surface area contributed by atoms with Gasteiger partial charge in [0.25, 0.3) is 11.8 Å². The summed E-state index contributed by atoms with van der Waals surface area (Å²) in [4.78, 5) is 29.0. The van der Waals surface area contributed by atoms with Crippen LogP contribution in [0.1, 0.15) is 26.5 Å². The summed E-state index contributed by atoms with van der Waals surface area (Å²) in [5.74, 6) is -0.357. The number of anilines is 1. The summed E-state index contributed by atoms with van der Waals surface area (Å²) in [6.07, 6.45) is 0. The Labute approximate surface area is 184 Å². The van der Waals surface area contributed by atoms with Crippen molar-refractivity contribution >= 4 is 33.4 Å². The molecule has 1 aromatic heterocycles. The molecular weight excluding hydrogens is 446 g/mol. The average Bonchev–Trinajstić information content (AvgIpc) is 3.19. The monoisotopic (exact) mass is 469 g/mol. The fraction of sp³-hybridized carbons (Fsp3) is 0.217. The van der Waals surface area contributed by atoms with Crippen LogP contribution in [0.25, 0.3) is 0 Å². The Bertz CT molecular complexity index is 1000. The van der Waals surface area contributed by atoms with Gasteiger partial charge in [-0.1, -0.05) is 42.5 Å². The van der Waals surface area contributed by atoms with Gasteiger partial charge in [0.15, 0.2) is 10.4 Å². The summed E-state index contributed by atoms with van der Waals surface area (Å²) in [7, 11) is 3.64. The van der Waals surface area contributed by atoms with Crippen LogP contribution in [0.4, 0.5) is 5.69 Å². The molecule has 1 heterocycles. The molecule has 0 spiro atoms. The Morgan fingerprint density at radius 2 is 1.67 bits per heavy atom. The van der Waals surface area contributed by atoms with E-state index in [1.807, 2.05) is 25.2 Å². The fourth-order valence-corrected chi connectivity index (χ4v) is 3.40. The van der Waals surface area contributed by atoms with Crippen LogP contribution < -0.4 is 10.2 Å². The van der Waals surface area contributed by atoms with Crippen molar-refractivity contribution in [3.63, 3.8) is 0 Å². The number of hydrogen-bond acceptors (Lipinski definition) is 4. The van der Waals surface area contributed by atoms with Crippen LogP contribution in [-0.2, 0) is 6.54 Å². The van der Waals surface area contributed by atoms with Gasteiger partial charge in [0, 0.05) is 26.7 Å². The Morgan fingerprint density at radius 3 is 2.37 bits per heavy atom. The van der Waals surface area contributed by atoms with E-state index in [4.69, 9.17) is 4.42 Å². The minimum Gasteiger partial charge on any atom is -0.444 e. The second-order valence-electron chi connectivity index (χ2n) is 6.96. The minimum absolute atomic E-state index is 0.196. The molecule has 2 aromatic carbocycles. The second kappa shape index (κ2) is 10.2. The molecule has 3 aromatic rings. The maximum Gasteiger partial charge on any atom is 0.293 e. The molecule has 0 aliphatic rings. The molecule has 0 saturated carbocycles. The highest BCUT2D eigenvalue weighted by Crippen LogP contribution is 2.23.